The fourth-order valence-electron chi connectivity index (χ4n) is 1.85. The molecule has 2 aromatic heterocycles. The molecule has 2 amide bonds. The molecule has 6 heteroatoms. The molecule has 0 aromatic carbocycles. The van der Waals surface area contributed by atoms with Crippen LogP contribution in [0, 0.1) is 13.8 Å². The summed E-state index contributed by atoms with van der Waals surface area (Å²) in [5.41, 5.74) is 1.85. The van der Waals surface area contributed by atoms with Gasteiger partial charge in [0, 0.05) is 38.8 Å². The lowest BCUT2D eigenvalue weighted by Gasteiger charge is -2.06. The standard InChI is InChI=1S/C14H18N4O2/c1-10-13(18-11(2)20-10)5-7-16-14(19)17-9-12-4-3-6-15-8-12/h3-4,6,8H,5,7,9H2,1-2H3,(H2,16,17,19). The number of hydrogen-bond acceptors (Lipinski definition) is 4. The van der Waals surface area contributed by atoms with E-state index in [1.54, 1.807) is 12.4 Å². The van der Waals surface area contributed by atoms with Gasteiger partial charge in [0.05, 0.1) is 5.69 Å². The van der Waals surface area contributed by atoms with Gasteiger partial charge < -0.3 is 15.1 Å². The first-order chi connectivity index (χ1) is 9.65. The van der Waals surface area contributed by atoms with Gasteiger partial charge in [-0.15, -0.1) is 0 Å². The van der Waals surface area contributed by atoms with E-state index in [1.807, 2.05) is 26.0 Å². The molecule has 2 N–H and O–H groups in total. The van der Waals surface area contributed by atoms with Crippen LogP contribution in [0.2, 0.25) is 0 Å². The molecule has 0 radical (unpaired) electrons. The Hall–Kier alpha value is -2.37. The Bertz CT molecular complexity index is 566. The Labute approximate surface area is 117 Å². The van der Waals surface area contributed by atoms with Crippen molar-refractivity contribution >= 4 is 6.03 Å². The highest BCUT2D eigenvalue weighted by atomic mass is 16.4. The minimum atomic E-state index is -0.202. The van der Waals surface area contributed by atoms with Crippen LogP contribution in [0.1, 0.15) is 22.9 Å². The van der Waals surface area contributed by atoms with Crippen LogP contribution in [0.4, 0.5) is 4.79 Å². The smallest absolute Gasteiger partial charge is 0.315 e. The Balaban J connectivity index is 1.69. The quantitative estimate of drug-likeness (QED) is 0.870. The highest BCUT2D eigenvalue weighted by molar-refractivity contribution is 5.73. The van der Waals surface area contributed by atoms with Crippen molar-refractivity contribution in [3.8, 4) is 0 Å². The first-order valence-corrected chi connectivity index (χ1v) is 6.48. The number of carbonyl (C=O) groups excluding carboxylic acids is 1. The predicted molar refractivity (Wildman–Crippen MR) is 74.2 cm³/mol. The first-order valence-electron chi connectivity index (χ1n) is 6.48. The van der Waals surface area contributed by atoms with Crippen molar-refractivity contribution in [1.29, 1.82) is 0 Å². The molecule has 0 fully saturated rings. The molecule has 0 saturated carbocycles. The van der Waals surface area contributed by atoms with Gasteiger partial charge in [-0.25, -0.2) is 9.78 Å². The van der Waals surface area contributed by atoms with Gasteiger partial charge in [0.1, 0.15) is 5.76 Å². The van der Waals surface area contributed by atoms with Crippen LogP contribution in [0.25, 0.3) is 0 Å². The summed E-state index contributed by atoms with van der Waals surface area (Å²) in [5.74, 6) is 1.46. The molecule has 0 aliphatic rings. The highest BCUT2D eigenvalue weighted by Gasteiger charge is 2.07. The second kappa shape index (κ2) is 6.70. The van der Waals surface area contributed by atoms with E-state index < -0.39 is 0 Å². The van der Waals surface area contributed by atoms with Gasteiger partial charge in [0.15, 0.2) is 5.89 Å². The van der Waals surface area contributed by atoms with E-state index in [0.717, 1.165) is 17.0 Å². The third-order valence-electron chi connectivity index (χ3n) is 2.82. The number of nitrogens with zero attached hydrogens (tertiary/aromatic N) is 2. The maximum Gasteiger partial charge on any atom is 0.315 e. The van der Waals surface area contributed by atoms with Crippen LogP contribution >= 0.6 is 0 Å². The molecule has 2 rings (SSSR count). The number of hydrogen-bond donors (Lipinski definition) is 2. The molecule has 0 spiro atoms. The van der Waals surface area contributed by atoms with Crippen LogP contribution in [-0.4, -0.2) is 22.5 Å². The number of nitrogens with one attached hydrogen (secondary N) is 2. The summed E-state index contributed by atoms with van der Waals surface area (Å²) in [6.45, 7) is 4.66. The number of urea groups is 1. The molecule has 20 heavy (non-hydrogen) atoms. The SMILES string of the molecule is Cc1nc(CCNC(=O)NCc2cccnc2)c(C)o1. The van der Waals surface area contributed by atoms with Gasteiger partial charge in [-0.05, 0) is 18.6 Å². The van der Waals surface area contributed by atoms with Crippen molar-refractivity contribution in [2.75, 3.05) is 6.54 Å². The first kappa shape index (κ1) is 14.0. The van der Waals surface area contributed by atoms with E-state index in [0.29, 0.717) is 25.4 Å². The van der Waals surface area contributed by atoms with Crippen molar-refractivity contribution < 1.29 is 9.21 Å². The Morgan fingerprint density at radius 2 is 2.20 bits per heavy atom. The third kappa shape index (κ3) is 4.08. The zero-order chi connectivity index (χ0) is 14.4. The number of amides is 2. The molecule has 0 unspecified atom stereocenters. The number of aryl methyl sites for hydroxylation is 2. The molecule has 106 valence electrons. The van der Waals surface area contributed by atoms with E-state index in [4.69, 9.17) is 4.42 Å². The summed E-state index contributed by atoms with van der Waals surface area (Å²) >= 11 is 0. The molecular weight excluding hydrogens is 256 g/mol. The minimum absolute atomic E-state index is 0.202. The normalized spacial score (nSPS) is 10.3. The van der Waals surface area contributed by atoms with Crippen molar-refractivity contribution in [3.63, 3.8) is 0 Å². The zero-order valence-electron chi connectivity index (χ0n) is 11.6. The van der Waals surface area contributed by atoms with E-state index >= 15 is 0 Å². The highest BCUT2D eigenvalue weighted by Crippen LogP contribution is 2.08. The Morgan fingerprint density at radius 3 is 2.85 bits per heavy atom. The largest absolute Gasteiger partial charge is 0.446 e. The van der Waals surface area contributed by atoms with Gasteiger partial charge >= 0.3 is 6.03 Å². The lowest BCUT2D eigenvalue weighted by Crippen LogP contribution is -2.36. The van der Waals surface area contributed by atoms with Crippen LogP contribution in [0.15, 0.2) is 28.9 Å². The number of rotatable bonds is 5. The topological polar surface area (TPSA) is 80.0 Å². The van der Waals surface area contributed by atoms with Crippen molar-refractivity contribution in [3.05, 3.63) is 47.4 Å². The summed E-state index contributed by atoms with van der Waals surface area (Å²) in [5, 5.41) is 5.56. The van der Waals surface area contributed by atoms with E-state index in [9.17, 15) is 4.79 Å². The number of oxazole rings is 1. The third-order valence-corrected chi connectivity index (χ3v) is 2.82. The molecule has 0 aliphatic heterocycles. The average molecular weight is 274 g/mol. The number of carbonyl (C=O) groups is 1. The Kier molecular flexibility index (Phi) is 4.70. The summed E-state index contributed by atoms with van der Waals surface area (Å²) in [6, 6.07) is 3.55. The minimum Gasteiger partial charge on any atom is -0.446 e. The van der Waals surface area contributed by atoms with Crippen molar-refractivity contribution in [2.45, 2.75) is 26.8 Å². The second-order valence-corrected chi connectivity index (χ2v) is 4.46. The van der Waals surface area contributed by atoms with Gasteiger partial charge in [0.25, 0.3) is 0 Å². The van der Waals surface area contributed by atoms with E-state index in [2.05, 4.69) is 20.6 Å². The van der Waals surface area contributed by atoms with Crippen molar-refractivity contribution in [1.82, 2.24) is 20.6 Å². The molecule has 6 nitrogen and oxygen atoms in total. The van der Waals surface area contributed by atoms with Gasteiger partial charge in [-0.1, -0.05) is 6.07 Å². The summed E-state index contributed by atoms with van der Waals surface area (Å²) in [7, 11) is 0. The average Bonchev–Trinajstić information content (AvgIpc) is 2.76. The molecule has 0 saturated heterocycles. The molecular formula is C14H18N4O2. The molecule has 0 atom stereocenters. The summed E-state index contributed by atoms with van der Waals surface area (Å²) in [4.78, 5) is 19.9. The maximum absolute atomic E-state index is 11.6. The molecule has 0 aliphatic carbocycles. The second-order valence-electron chi connectivity index (χ2n) is 4.46. The maximum atomic E-state index is 11.6. The Morgan fingerprint density at radius 1 is 1.35 bits per heavy atom. The van der Waals surface area contributed by atoms with Crippen LogP contribution in [-0.2, 0) is 13.0 Å². The van der Waals surface area contributed by atoms with Crippen molar-refractivity contribution in [2.24, 2.45) is 0 Å². The van der Waals surface area contributed by atoms with E-state index in [1.165, 1.54) is 0 Å². The van der Waals surface area contributed by atoms with Crippen LogP contribution in [0.5, 0.6) is 0 Å². The fraction of sp³-hybridized carbons (Fsp3) is 0.357. The summed E-state index contributed by atoms with van der Waals surface area (Å²) < 4.78 is 5.33. The summed E-state index contributed by atoms with van der Waals surface area (Å²) in [6.07, 6.45) is 4.08. The van der Waals surface area contributed by atoms with Crippen LogP contribution in [0.3, 0.4) is 0 Å². The number of pyridine rings is 1. The number of aromatic nitrogens is 2. The molecule has 0 bridgehead atoms. The lowest BCUT2D eigenvalue weighted by molar-refractivity contribution is 0.240. The van der Waals surface area contributed by atoms with Crippen LogP contribution < -0.4 is 10.6 Å². The predicted octanol–water partition coefficient (Wildman–Crippen LogP) is 1.73. The zero-order valence-corrected chi connectivity index (χ0v) is 11.6. The van der Waals surface area contributed by atoms with Gasteiger partial charge in [-0.3, -0.25) is 4.98 Å². The van der Waals surface area contributed by atoms with Gasteiger partial charge in [0.2, 0.25) is 0 Å². The fourth-order valence-corrected chi connectivity index (χ4v) is 1.85. The van der Waals surface area contributed by atoms with E-state index in [-0.39, 0.29) is 6.03 Å². The lowest BCUT2D eigenvalue weighted by atomic mass is 10.3. The van der Waals surface area contributed by atoms with Gasteiger partial charge in [-0.2, -0.15) is 0 Å². The monoisotopic (exact) mass is 274 g/mol. The molecule has 2 heterocycles. The molecule has 2 aromatic rings.